The molecule has 1 heterocycles. The standard InChI is InChI=1S/C15H19ClN2O3S/c1-17(2)22(19,20)15-9-8-13(21-15)11-18(3)10-12-6-4-5-7-14(12)16/h4-9H,10-11H2,1-3H3. The van der Waals surface area contributed by atoms with Gasteiger partial charge in [-0.2, -0.15) is 0 Å². The zero-order valence-corrected chi connectivity index (χ0v) is 14.4. The summed E-state index contributed by atoms with van der Waals surface area (Å²) in [6, 6.07) is 10.8. The molecule has 2 aromatic rings. The van der Waals surface area contributed by atoms with Crippen molar-refractivity contribution in [3.05, 3.63) is 52.7 Å². The van der Waals surface area contributed by atoms with E-state index in [-0.39, 0.29) is 5.09 Å². The van der Waals surface area contributed by atoms with E-state index in [0.29, 0.717) is 23.9 Å². The summed E-state index contributed by atoms with van der Waals surface area (Å²) >= 11 is 6.14. The van der Waals surface area contributed by atoms with Gasteiger partial charge in [-0.3, -0.25) is 4.90 Å². The number of hydrogen-bond acceptors (Lipinski definition) is 4. The van der Waals surface area contributed by atoms with Gasteiger partial charge in [0.25, 0.3) is 10.0 Å². The quantitative estimate of drug-likeness (QED) is 0.810. The van der Waals surface area contributed by atoms with Gasteiger partial charge in [-0.05, 0) is 30.8 Å². The number of sulfonamides is 1. The summed E-state index contributed by atoms with van der Waals surface area (Å²) in [5.74, 6) is 0.593. The first kappa shape index (κ1) is 17.0. The van der Waals surface area contributed by atoms with Crippen LogP contribution in [0.25, 0.3) is 0 Å². The fraction of sp³-hybridized carbons (Fsp3) is 0.333. The zero-order valence-electron chi connectivity index (χ0n) is 12.8. The van der Waals surface area contributed by atoms with Crippen LogP contribution in [-0.2, 0) is 23.1 Å². The van der Waals surface area contributed by atoms with Crippen LogP contribution in [0.3, 0.4) is 0 Å². The van der Waals surface area contributed by atoms with E-state index in [1.807, 2.05) is 36.2 Å². The average Bonchev–Trinajstić information content (AvgIpc) is 2.90. The Bertz CT molecular complexity index is 741. The highest BCUT2D eigenvalue weighted by molar-refractivity contribution is 7.88. The summed E-state index contributed by atoms with van der Waals surface area (Å²) in [6.07, 6.45) is 0. The van der Waals surface area contributed by atoms with Crippen LogP contribution < -0.4 is 0 Å². The van der Waals surface area contributed by atoms with Gasteiger partial charge in [0.2, 0.25) is 5.09 Å². The number of hydrogen-bond donors (Lipinski definition) is 0. The lowest BCUT2D eigenvalue weighted by Gasteiger charge is -2.16. The van der Waals surface area contributed by atoms with Crippen LogP contribution in [0.1, 0.15) is 11.3 Å². The van der Waals surface area contributed by atoms with Crippen molar-refractivity contribution in [2.24, 2.45) is 0 Å². The predicted molar refractivity (Wildman–Crippen MR) is 86.2 cm³/mol. The molecule has 0 spiro atoms. The maximum absolute atomic E-state index is 12.0. The van der Waals surface area contributed by atoms with Crippen molar-refractivity contribution in [2.45, 2.75) is 18.2 Å². The van der Waals surface area contributed by atoms with Gasteiger partial charge in [0.15, 0.2) is 0 Å². The fourth-order valence-electron chi connectivity index (χ4n) is 2.00. The summed E-state index contributed by atoms with van der Waals surface area (Å²) in [5.41, 5.74) is 1.01. The Morgan fingerprint density at radius 1 is 1.05 bits per heavy atom. The number of nitrogens with zero attached hydrogens (tertiary/aromatic N) is 2. The van der Waals surface area contributed by atoms with Crippen molar-refractivity contribution in [2.75, 3.05) is 21.1 Å². The summed E-state index contributed by atoms with van der Waals surface area (Å²) in [4.78, 5) is 2.01. The van der Waals surface area contributed by atoms with E-state index in [9.17, 15) is 8.42 Å². The van der Waals surface area contributed by atoms with Crippen LogP contribution in [0.5, 0.6) is 0 Å². The molecule has 0 unspecified atom stereocenters. The molecule has 0 radical (unpaired) electrons. The third kappa shape index (κ3) is 3.89. The molecule has 120 valence electrons. The monoisotopic (exact) mass is 342 g/mol. The molecule has 1 aromatic heterocycles. The molecule has 2 rings (SSSR count). The van der Waals surface area contributed by atoms with Crippen molar-refractivity contribution >= 4 is 21.6 Å². The van der Waals surface area contributed by atoms with Crippen LogP contribution in [0, 0.1) is 0 Å². The highest BCUT2D eigenvalue weighted by atomic mass is 35.5. The van der Waals surface area contributed by atoms with E-state index >= 15 is 0 Å². The third-order valence-electron chi connectivity index (χ3n) is 3.20. The molecule has 0 aliphatic rings. The molecule has 0 saturated heterocycles. The average molecular weight is 343 g/mol. The fourth-order valence-corrected chi connectivity index (χ4v) is 3.01. The second-order valence-corrected chi connectivity index (χ2v) is 7.76. The second kappa shape index (κ2) is 6.83. The van der Waals surface area contributed by atoms with Crippen molar-refractivity contribution in [1.82, 2.24) is 9.21 Å². The molecule has 0 amide bonds. The largest absolute Gasteiger partial charge is 0.447 e. The molecule has 0 bridgehead atoms. The number of benzene rings is 1. The molecule has 0 saturated carbocycles. The van der Waals surface area contributed by atoms with Crippen LogP contribution in [0.2, 0.25) is 5.02 Å². The smallest absolute Gasteiger partial charge is 0.275 e. The van der Waals surface area contributed by atoms with Crippen LogP contribution in [-0.4, -0.2) is 38.8 Å². The highest BCUT2D eigenvalue weighted by Crippen LogP contribution is 2.20. The first-order valence-electron chi connectivity index (χ1n) is 6.74. The first-order chi connectivity index (χ1) is 10.3. The lowest BCUT2D eigenvalue weighted by molar-refractivity contribution is 0.274. The van der Waals surface area contributed by atoms with Gasteiger partial charge in [0.1, 0.15) is 5.76 Å². The summed E-state index contributed by atoms with van der Waals surface area (Å²) < 4.78 is 30.5. The van der Waals surface area contributed by atoms with Crippen molar-refractivity contribution in [3.63, 3.8) is 0 Å². The SMILES string of the molecule is CN(Cc1ccc(S(=O)(=O)N(C)C)o1)Cc1ccccc1Cl. The van der Waals surface area contributed by atoms with Crippen molar-refractivity contribution < 1.29 is 12.8 Å². The Labute approximate surface area is 136 Å². The molecule has 5 nitrogen and oxygen atoms in total. The van der Waals surface area contributed by atoms with Gasteiger partial charge < -0.3 is 4.42 Å². The van der Waals surface area contributed by atoms with Gasteiger partial charge >= 0.3 is 0 Å². The Balaban J connectivity index is 2.06. The van der Waals surface area contributed by atoms with E-state index in [4.69, 9.17) is 16.0 Å². The zero-order chi connectivity index (χ0) is 16.3. The normalized spacial score (nSPS) is 12.3. The molecule has 7 heteroatoms. The minimum Gasteiger partial charge on any atom is -0.447 e. The van der Waals surface area contributed by atoms with E-state index < -0.39 is 10.0 Å². The molecule has 0 atom stereocenters. The first-order valence-corrected chi connectivity index (χ1v) is 8.55. The molecule has 0 aliphatic heterocycles. The third-order valence-corrected chi connectivity index (χ3v) is 5.25. The van der Waals surface area contributed by atoms with Crippen LogP contribution >= 0.6 is 11.6 Å². The van der Waals surface area contributed by atoms with Gasteiger partial charge in [0.05, 0.1) is 6.54 Å². The van der Waals surface area contributed by atoms with E-state index in [1.165, 1.54) is 20.2 Å². The minimum absolute atomic E-state index is 0.0429. The Hall–Kier alpha value is -1.34. The molecule has 0 aliphatic carbocycles. The summed E-state index contributed by atoms with van der Waals surface area (Å²) in [5, 5.41) is 0.670. The van der Waals surface area contributed by atoms with Gasteiger partial charge in [-0.25, -0.2) is 12.7 Å². The Kier molecular flexibility index (Phi) is 5.28. The van der Waals surface area contributed by atoms with Gasteiger partial charge in [0, 0.05) is 25.7 Å². The molecule has 0 N–H and O–H groups in total. The Morgan fingerprint density at radius 2 is 1.73 bits per heavy atom. The molecule has 22 heavy (non-hydrogen) atoms. The maximum Gasteiger partial charge on any atom is 0.275 e. The highest BCUT2D eigenvalue weighted by Gasteiger charge is 2.21. The number of halogens is 1. The molecular weight excluding hydrogens is 324 g/mol. The van der Waals surface area contributed by atoms with Gasteiger partial charge in [-0.1, -0.05) is 29.8 Å². The molecule has 0 fully saturated rings. The predicted octanol–water partition coefficient (Wildman–Crippen LogP) is 2.82. The lowest BCUT2D eigenvalue weighted by atomic mass is 10.2. The van der Waals surface area contributed by atoms with Crippen molar-refractivity contribution in [3.8, 4) is 0 Å². The van der Waals surface area contributed by atoms with E-state index in [2.05, 4.69) is 0 Å². The number of furan rings is 1. The lowest BCUT2D eigenvalue weighted by Crippen LogP contribution is -2.21. The van der Waals surface area contributed by atoms with E-state index in [0.717, 1.165) is 9.87 Å². The Morgan fingerprint density at radius 3 is 2.36 bits per heavy atom. The van der Waals surface area contributed by atoms with Gasteiger partial charge in [-0.15, -0.1) is 0 Å². The summed E-state index contributed by atoms with van der Waals surface area (Å²) in [7, 11) is 1.34. The maximum atomic E-state index is 12.0. The molecule has 1 aromatic carbocycles. The topological polar surface area (TPSA) is 53.8 Å². The minimum atomic E-state index is -3.53. The van der Waals surface area contributed by atoms with E-state index in [1.54, 1.807) is 6.07 Å². The van der Waals surface area contributed by atoms with Crippen LogP contribution in [0.15, 0.2) is 45.9 Å². The number of rotatable bonds is 6. The van der Waals surface area contributed by atoms with Crippen LogP contribution in [0.4, 0.5) is 0 Å². The van der Waals surface area contributed by atoms with Crippen molar-refractivity contribution in [1.29, 1.82) is 0 Å². The summed E-state index contributed by atoms with van der Waals surface area (Å²) in [6.45, 7) is 1.14. The molecular formula is C15H19ClN2O3S. The second-order valence-electron chi connectivity index (χ2n) is 5.27.